The Kier molecular flexibility index (Phi) is 6.39. The standard InChI is InChI=1S/C17H12ClFN2O3S/c1-10-9-25-17(21-10)12(7-20)15(22)8-24-16(23)5-3-11-2-4-14(19)13(18)6-11/h2-6,9,12H,8H2,1H3/b5-3+/t12-/m1/s1. The Hall–Kier alpha value is -2.56. The van der Waals surface area contributed by atoms with Crippen LogP contribution in [0.5, 0.6) is 0 Å². The number of nitrogens with zero attached hydrogens (tertiary/aromatic N) is 2. The Morgan fingerprint density at radius 1 is 1.52 bits per heavy atom. The van der Waals surface area contributed by atoms with Crippen molar-refractivity contribution < 1.29 is 18.7 Å². The summed E-state index contributed by atoms with van der Waals surface area (Å²) in [6.07, 6.45) is 2.47. The normalized spacial score (nSPS) is 11.9. The maximum atomic E-state index is 13.0. The number of Topliss-reactive ketones (excluding diaryl/α,β-unsaturated/α-hetero) is 1. The van der Waals surface area contributed by atoms with E-state index in [4.69, 9.17) is 21.6 Å². The summed E-state index contributed by atoms with van der Waals surface area (Å²) in [7, 11) is 0. The average molecular weight is 379 g/mol. The first kappa shape index (κ1) is 18.8. The average Bonchev–Trinajstić information content (AvgIpc) is 3.00. The number of thiazole rings is 1. The molecule has 0 aliphatic carbocycles. The number of carbonyl (C=O) groups is 2. The molecule has 0 radical (unpaired) electrons. The molecule has 0 unspecified atom stereocenters. The summed E-state index contributed by atoms with van der Waals surface area (Å²) in [6.45, 7) is 1.22. The van der Waals surface area contributed by atoms with Gasteiger partial charge in [0.25, 0.3) is 0 Å². The van der Waals surface area contributed by atoms with Crippen LogP contribution in [-0.2, 0) is 14.3 Å². The topological polar surface area (TPSA) is 80.0 Å². The fourth-order valence-corrected chi connectivity index (χ4v) is 2.87. The summed E-state index contributed by atoms with van der Waals surface area (Å²) >= 11 is 6.84. The SMILES string of the molecule is Cc1csc([C@H](C#N)C(=O)COC(=O)/C=C/c2ccc(F)c(Cl)c2)n1. The predicted octanol–water partition coefficient (Wildman–Crippen LogP) is 3.68. The van der Waals surface area contributed by atoms with Crippen LogP contribution in [0.25, 0.3) is 6.08 Å². The van der Waals surface area contributed by atoms with E-state index in [0.29, 0.717) is 16.3 Å². The van der Waals surface area contributed by atoms with E-state index in [1.54, 1.807) is 12.3 Å². The largest absolute Gasteiger partial charge is 0.454 e. The van der Waals surface area contributed by atoms with E-state index in [0.717, 1.165) is 6.08 Å². The number of nitriles is 1. The minimum absolute atomic E-state index is 0.0682. The van der Waals surface area contributed by atoms with Crippen LogP contribution in [-0.4, -0.2) is 23.3 Å². The monoisotopic (exact) mass is 378 g/mol. The van der Waals surface area contributed by atoms with Gasteiger partial charge in [-0.25, -0.2) is 14.2 Å². The zero-order valence-electron chi connectivity index (χ0n) is 13.0. The summed E-state index contributed by atoms with van der Waals surface area (Å²) in [5, 5.41) is 11.2. The van der Waals surface area contributed by atoms with Crippen molar-refractivity contribution in [2.45, 2.75) is 12.8 Å². The Labute approximate surface area is 152 Å². The lowest BCUT2D eigenvalue weighted by atomic mass is 10.1. The van der Waals surface area contributed by atoms with Crippen LogP contribution in [0.4, 0.5) is 4.39 Å². The molecule has 1 atom stereocenters. The van der Waals surface area contributed by atoms with Crippen LogP contribution in [0.3, 0.4) is 0 Å². The van der Waals surface area contributed by atoms with Crippen LogP contribution >= 0.6 is 22.9 Å². The van der Waals surface area contributed by atoms with E-state index < -0.39 is 30.1 Å². The molecule has 0 saturated carbocycles. The maximum absolute atomic E-state index is 13.0. The molecular weight excluding hydrogens is 367 g/mol. The molecule has 5 nitrogen and oxygen atoms in total. The van der Waals surface area contributed by atoms with Crippen molar-refractivity contribution in [1.82, 2.24) is 4.98 Å². The lowest BCUT2D eigenvalue weighted by Crippen LogP contribution is -2.19. The molecule has 0 N–H and O–H groups in total. The molecule has 8 heteroatoms. The molecule has 0 saturated heterocycles. The number of ether oxygens (including phenoxy) is 1. The summed E-state index contributed by atoms with van der Waals surface area (Å²) in [4.78, 5) is 27.8. The number of esters is 1. The van der Waals surface area contributed by atoms with E-state index in [2.05, 4.69) is 4.98 Å². The molecule has 1 aromatic carbocycles. The first-order chi connectivity index (χ1) is 11.9. The third kappa shape index (κ3) is 5.21. The second-order valence-corrected chi connectivity index (χ2v) is 6.27. The number of rotatable bonds is 6. The number of hydrogen-bond acceptors (Lipinski definition) is 6. The Balaban J connectivity index is 1.92. The molecule has 0 amide bonds. The quantitative estimate of drug-likeness (QED) is 0.566. The van der Waals surface area contributed by atoms with Gasteiger partial charge in [-0.1, -0.05) is 17.7 Å². The predicted molar refractivity (Wildman–Crippen MR) is 91.6 cm³/mol. The third-order valence-electron chi connectivity index (χ3n) is 3.05. The van der Waals surface area contributed by atoms with Crippen molar-refractivity contribution in [3.05, 3.63) is 56.8 Å². The highest BCUT2D eigenvalue weighted by Crippen LogP contribution is 2.21. The maximum Gasteiger partial charge on any atom is 0.331 e. The van der Waals surface area contributed by atoms with Gasteiger partial charge in [-0.15, -0.1) is 11.3 Å². The number of hydrogen-bond donors (Lipinski definition) is 0. The van der Waals surface area contributed by atoms with Crippen molar-refractivity contribution in [3.63, 3.8) is 0 Å². The van der Waals surface area contributed by atoms with Crippen molar-refractivity contribution >= 4 is 40.8 Å². The zero-order chi connectivity index (χ0) is 18.4. The summed E-state index contributed by atoms with van der Waals surface area (Å²) < 4.78 is 17.9. The number of aryl methyl sites for hydroxylation is 1. The molecule has 25 heavy (non-hydrogen) atoms. The van der Waals surface area contributed by atoms with Crippen molar-refractivity contribution in [2.24, 2.45) is 0 Å². The number of halogens is 2. The second-order valence-electron chi connectivity index (χ2n) is 4.97. The van der Waals surface area contributed by atoms with Gasteiger partial charge in [0.1, 0.15) is 10.8 Å². The Bertz CT molecular complexity index is 873. The Morgan fingerprint density at radius 3 is 2.88 bits per heavy atom. The molecule has 2 aromatic rings. The van der Waals surface area contributed by atoms with Gasteiger partial charge < -0.3 is 4.74 Å². The summed E-state index contributed by atoms with van der Waals surface area (Å²) in [5.41, 5.74) is 1.22. The van der Waals surface area contributed by atoms with Gasteiger partial charge in [0, 0.05) is 17.2 Å². The number of benzene rings is 1. The highest BCUT2D eigenvalue weighted by atomic mass is 35.5. The van der Waals surface area contributed by atoms with Crippen molar-refractivity contribution in [1.29, 1.82) is 5.26 Å². The van der Waals surface area contributed by atoms with Gasteiger partial charge in [-0.05, 0) is 30.7 Å². The van der Waals surface area contributed by atoms with E-state index in [9.17, 15) is 14.0 Å². The molecule has 0 aliphatic heterocycles. The van der Waals surface area contributed by atoms with Gasteiger partial charge in [-0.2, -0.15) is 5.26 Å². The third-order valence-corrected chi connectivity index (χ3v) is 4.36. The second kappa shape index (κ2) is 8.51. The van der Waals surface area contributed by atoms with Gasteiger partial charge in [0.2, 0.25) is 0 Å². The van der Waals surface area contributed by atoms with Gasteiger partial charge in [0.05, 0.1) is 11.1 Å². The van der Waals surface area contributed by atoms with Crippen LogP contribution < -0.4 is 0 Å². The first-order valence-corrected chi connectivity index (χ1v) is 8.30. The van der Waals surface area contributed by atoms with E-state index >= 15 is 0 Å². The van der Waals surface area contributed by atoms with Crippen molar-refractivity contribution in [2.75, 3.05) is 6.61 Å². The Morgan fingerprint density at radius 2 is 2.28 bits per heavy atom. The summed E-state index contributed by atoms with van der Waals surface area (Å²) in [5.74, 6) is -2.94. The van der Waals surface area contributed by atoms with E-state index in [1.165, 1.54) is 35.6 Å². The molecule has 0 spiro atoms. The molecule has 0 bridgehead atoms. The summed E-state index contributed by atoms with van der Waals surface area (Å²) in [6, 6.07) is 5.82. The molecule has 1 aromatic heterocycles. The van der Waals surface area contributed by atoms with E-state index in [1.807, 2.05) is 6.07 Å². The highest BCUT2D eigenvalue weighted by molar-refractivity contribution is 7.09. The smallest absolute Gasteiger partial charge is 0.331 e. The van der Waals surface area contributed by atoms with Crippen LogP contribution in [0.2, 0.25) is 5.02 Å². The first-order valence-electron chi connectivity index (χ1n) is 7.05. The number of aromatic nitrogens is 1. The fraction of sp³-hybridized carbons (Fsp3) is 0.176. The van der Waals surface area contributed by atoms with Crippen LogP contribution in [0, 0.1) is 24.1 Å². The molecule has 1 heterocycles. The number of carbonyl (C=O) groups excluding carboxylic acids is 2. The van der Waals surface area contributed by atoms with Crippen LogP contribution in [0.1, 0.15) is 22.2 Å². The van der Waals surface area contributed by atoms with Gasteiger partial charge >= 0.3 is 5.97 Å². The highest BCUT2D eigenvalue weighted by Gasteiger charge is 2.24. The fourth-order valence-electron chi connectivity index (χ4n) is 1.82. The molecule has 0 aliphatic rings. The molecule has 2 rings (SSSR count). The minimum atomic E-state index is -1.06. The van der Waals surface area contributed by atoms with Gasteiger partial charge in [-0.3, -0.25) is 4.79 Å². The molecule has 128 valence electrons. The lowest BCUT2D eigenvalue weighted by molar-refractivity contribution is -0.143. The lowest BCUT2D eigenvalue weighted by Gasteiger charge is -2.05. The zero-order valence-corrected chi connectivity index (χ0v) is 14.6. The minimum Gasteiger partial charge on any atom is -0.454 e. The molecular formula is C17H12ClFN2O3S. The number of ketones is 1. The van der Waals surface area contributed by atoms with E-state index in [-0.39, 0.29) is 5.02 Å². The molecule has 0 fully saturated rings. The van der Waals surface area contributed by atoms with Crippen LogP contribution in [0.15, 0.2) is 29.7 Å². The van der Waals surface area contributed by atoms with Crippen molar-refractivity contribution in [3.8, 4) is 6.07 Å². The van der Waals surface area contributed by atoms with Gasteiger partial charge in [0.15, 0.2) is 18.3 Å².